The van der Waals surface area contributed by atoms with E-state index >= 15 is 0 Å². The number of carbonyl (C=O) groups is 1. The molecule has 2 rings (SSSR count). The number of carbonyl (C=O) groups excluding carboxylic acids is 1. The molecule has 14 heavy (non-hydrogen) atoms. The van der Waals surface area contributed by atoms with Gasteiger partial charge in [-0.1, -0.05) is 0 Å². The molecule has 1 N–H and O–H groups in total. The fourth-order valence-electron chi connectivity index (χ4n) is 2.30. The predicted molar refractivity (Wildman–Crippen MR) is 59.5 cm³/mol. The lowest BCUT2D eigenvalue weighted by atomic mass is 10.1. The molecule has 4 heteroatoms. The van der Waals surface area contributed by atoms with Crippen molar-refractivity contribution in [3.05, 3.63) is 0 Å². The maximum atomic E-state index is 11.9. The third-order valence-electron chi connectivity index (χ3n) is 3.17. The predicted octanol–water partition coefficient (Wildman–Crippen LogP) is 0.702. The molecule has 0 saturated carbocycles. The maximum absolute atomic E-state index is 11.9. The average Bonchev–Trinajstić information content (AvgIpc) is 2.61. The number of likely N-dealkylation sites (N-methyl/N-ethyl adjacent to an activating group) is 1. The van der Waals surface area contributed by atoms with E-state index in [1.165, 1.54) is 18.6 Å². The molecule has 0 aromatic rings. The van der Waals surface area contributed by atoms with Crippen LogP contribution in [-0.2, 0) is 4.79 Å². The van der Waals surface area contributed by atoms with E-state index in [1.807, 2.05) is 18.8 Å². The summed E-state index contributed by atoms with van der Waals surface area (Å²) >= 11 is 1.99. The summed E-state index contributed by atoms with van der Waals surface area (Å²) < 4.78 is 0. The Morgan fingerprint density at radius 3 is 2.93 bits per heavy atom. The molecule has 0 aromatic carbocycles. The monoisotopic (exact) mass is 214 g/mol. The van der Waals surface area contributed by atoms with Crippen LogP contribution in [0, 0.1) is 0 Å². The van der Waals surface area contributed by atoms with Gasteiger partial charge < -0.3 is 10.2 Å². The highest BCUT2D eigenvalue weighted by Crippen LogP contribution is 2.25. The molecule has 1 amide bonds. The molecule has 2 unspecified atom stereocenters. The fraction of sp³-hybridized carbons (Fsp3) is 0.900. The number of nitrogens with zero attached hydrogens (tertiary/aromatic N) is 1. The van der Waals surface area contributed by atoms with Gasteiger partial charge >= 0.3 is 0 Å². The van der Waals surface area contributed by atoms with E-state index in [9.17, 15) is 4.79 Å². The molecular formula is C10H18N2OS. The lowest BCUT2D eigenvalue weighted by Gasteiger charge is -2.30. The van der Waals surface area contributed by atoms with Gasteiger partial charge in [-0.05, 0) is 32.1 Å². The molecule has 2 atom stereocenters. The second-order valence-corrected chi connectivity index (χ2v) is 5.18. The molecule has 2 heterocycles. The van der Waals surface area contributed by atoms with Crippen molar-refractivity contribution in [2.45, 2.75) is 31.3 Å². The molecule has 0 radical (unpaired) electrons. The highest BCUT2D eigenvalue weighted by atomic mass is 32.2. The van der Waals surface area contributed by atoms with Crippen molar-refractivity contribution in [2.24, 2.45) is 0 Å². The Morgan fingerprint density at radius 1 is 1.50 bits per heavy atom. The molecule has 0 bridgehead atoms. The Labute approximate surface area is 89.6 Å². The summed E-state index contributed by atoms with van der Waals surface area (Å²) in [5, 5.41) is 3.08. The van der Waals surface area contributed by atoms with Crippen LogP contribution < -0.4 is 5.32 Å². The van der Waals surface area contributed by atoms with Gasteiger partial charge in [0.2, 0.25) is 5.91 Å². The second kappa shape index (κ2) is 4.53. The molecule has 2 saturated heterocycles. The molecule has 2 fully saturated rings. The zero-order chi connectivity index (χ0) is 9.97. The summed E-state index contributed by atoms with van der Waals surface area (Å²) in [5.74, 6) is 2.73. The van der Waals surface area contributed by atoms with E-state index in [4.69, 9.17) is 0 Å². The molecular weight excluding hydrogens is 196 g/mol. The maximum Gasteiger partial charge on any atom is 0.240 e. The third kappa shape index (κ3) is 1.91. The highest BCUT2D eigenvalue weighted by Gasteiger charge is 2.35. The van der Waals surface area contributed by atoms with E-state index in [0.29, 0.717) is 11.9 Å². The minimum absolute atomic E-state index is 0.0851. The van der Waals surface area contributed by atoms with Crippen LogP contribution in [0.15, 0.2) is 0 Å². The van der Waals surface area contributed by atoms with Crippen LogP contribution in [0.5, 0.6) is 0 Å². The van der Waals surface area contributed by atoms with Crippen LogP contribution in [0.4, 0.5) is 0 Å². The number of rotatable bonds is 2. The Morgan fingerprint density at radius 2 is 2.36 bits per heavy atom. The van der Waals surface area contributed by atoms with Crippen LogP contribution in [0.3, 0.4) is 0 Å². The SMILES string of the molecule is CNC1CCN(C2CCCSC2)C1=O. The highest BCUT2D eigenvalue weighted by molar-refractivity contribution is 7.99. The Balaban J connectivity index is 1.94. The Bertz CT molecular complexity index is 216. The van der Waals surface area contributed by atoms with Gasteiger partial charge in [0.05, 0.1) is 6.04 Å². The zero-order valence-corrected chi connectivity index (χ0v) is 9.48. The van der Waals surface area contributed by atoms with E-state index < -0.39 is 0 Å². The fourth-order valence-corrected chi connectivity index (χ4v) is 3.46. The number of hydrogen-bond donors (Lipinski definition) is 1. The largest absolute Gasteiger partial charge is 0.337 e. The zero-order valence-electron chi connectivity index (χ0n) is 8.66. The molecule has 80 valence electrons. The van der Waals surface area contributed by atoms with Gasteiger partial charge in [0.25, 0.3) is 0 Å². The van der Waals surface area contributed by atoms with E-state index in [1.54, 1.807) is 0 Å². The smallest absolute Gasteiger partial charge is 0.240 e. The Kier molecular flexibility index (Phi) is 3.34. The van der Waals surface area contributed by atoms with Gasteiger partial charge in [0.1, 0.15) is 0 Å². The summed E-state index contributed by atoms with van der Waals surface area (Å²) in [4.78, 5) is 14.0. The standard InChI is InChI=1S/C10H18N2OS/c1-11-9-4-5-12(10(9)13)8-3-2-6-14-7-8/h8-9,11H,2-7H2,1H3. The first-order valence-corrected chi connectivity index (χ1v) is 6.54. The Hall–Kier alpha value is -0.220. The van der Waals surface area contributed by atoms with Crippen molar-refractivity contribution in [3.63, 3.8) is 0 Å². The third-order valence-corrected chi connectivity index (χ3v) is 4.36. The average molecular weight is 214 g/mol. The first-order chi connectivity index (χ1) is 6.83. The van der Waals surface area contributed by atoms with Crippen LogP contribution >= 0.6 is 11.8 Å². The number of hydrogen-bond acceptors (Lipinski definition) is 3. The topological polar surface area (TPSA) is 32.3 Å². The molecule has 0 spiro atoms. The summed E-state index contributed by atoms with van der Waals surface area (Å²) in [5.41, 5.74) is 0. The van der Waals surface area contributed by atoms with Crippen molar-refractivity contribution in [1.82, 2.24) is 10.2 Å². The van der Waals surface area contributed by atoms with Crippen molar-refractivity contribution >= 4 is 17.7 Å². The normalized spacial score (nSPS) is 33.8. The number of amides is 1. The minimum atomic E-state index is 0.0851. The molecule has 0 aromatic heterocycles. The van der Waals surface area contributed by atoms with E-state index in [-0.39, 0.29) is 6.04 Å². The van der Waals surface area contributed by atoms with Crippen LogP contribution in [0.25, 0.3) is 0 Å². The van der Waals surface area contributed by atoms with Crippen LogP contribution in [-0.4, -0.2) is 48.0 Å². The number of thioether (sulfide) groups is 1. The molecule has 0 aliphatic carbocycles. The van der Waals surface area contributed by atoms with Gasteiger partial charge in [-0.3, -0.25) is 4.79 Å². The van der Waals surface area contributed by atoms with Gasteiger partial charge in [-0.25, -0.2) is 0 Å². The van der Waals surface area contributed by atoms with Gasteiger partial charge in [-0.2, -0.15) is 11.8 Å². The first-order valence-electron chi connectivity index (χ1n) is 5.38. The molecule has 3 nitrogen and oxygen atoms in total. The van der Waals surface area contributed by atoms with Crippen molar-refractivity contribution < 1.29 is 4.79 Å². The molecule has 2 aliphatic rings. The van der Waals surface area contributed by atoms with Gasteiger partial charge in [0, 0.05) is 18.3 Å². The first kappa shape index (κ1) is 10.3. The van der Waals surface area contributed by atoms with Crippen molar-refractivity contribution in [3.8, 4) is 0 Å². The minimum Gasteiger partial charge on any atom is -0.337 e. The summed E-state index contributed by atoms with van der Waals surface area (Å²) in [6.45, 7) is 0.954. The lowest BCUT2D eigenvalue weighted by Crippen LogP contribution is -2.43. The lowest BCUT2D eigenvalue weighted by molar-refractivity contribution is -0.131. The van der Waals surface area contributed by atoms with Crippen LogP contribution in [0.2, 0.25) is 0 Å². The van der Waals surface area contributed by atoms with Gasteiger partial charge in [-0.15, -0.1) is 0 Å². The van der Waals surface area contributed by atoms with Crippen molar-refractivity contribution in [2.75, 3.05) is 25.1 Å². The van der Waals surface area contributed by atoms with E-state index in [0.717, 1.165) is 18.7 Å². The van der Waals surface area contributed by atoms with Crippen molar-refractivity contribution in [1.29, 1.82) is 0 Å². The van der Waals surface area contributed by atoms with E-state index in [2.05, 4.69) is 10.2 Å². The quantitative estimate of drug-likeness (QED) is 0.734. The van der Waals surface area contributed by atoms with Crippen LogP contribution in [0.1, 0.15) is 19.3 Å². The summed E-state index contributed by atoms with van der Waals surface area (Å²) in [7, 11) is 1.88. The number of likely N-dealkylation sites (tertiary alicyclic amines) is 1. The second-order valence-electron chi connectivity index (χ2n) is 4.03. The summed E-state index contributed by atoms with van der Waals surface area (Å²) in [6.07, 6.45) is 3.45. The summed E-state index contributed by atoms with van der Waals surface area (Å²) in [6, 6.07) is 0.599. The molecule has 2 aliphatic heterocycles. The number of nitrogens with one attached hydrogen (secondary N) is 1. The van der Waals surface area contributed by atoms with Gasteiger partial charge in [0.15, 0.2) is 0 Å².